The summed E-state index contributed by atoms with van der Waals surface area (Å²) in [5.74, 6) is 0. The Kier molecular flexibility index (Phi) is 3.58. The van der Waals surface area contributed by atoms with Crippen molar-refractivity contribution >= 4 is 38.3 Å². The van der Waals surface area contributed by atoms with Gasteiger partial charge in [0.25, 0.3) is 0 Å². The molecular weight excluding hydrogens is 320 g/mol. The molecule has 0 aromatic heterocycles. The number of fused-ring (bicyclic) bond motifs is 1. The number of rotatable bonds is 2. The summed E-state index contributed by atoms with van der Waals surface area (Å²) in [6.45, 7) is 0. The third-order valence-electron chi connectivity index (χ3n) is 3.27. The van der Waals surface area contributed by atoms with Crippen molar-refractivity contribution in [3.63, 3.8) is 0 Å². The molecule has 3 rings (SSSR count). The first-order valence-electron chi connectivity index (χ1n) is 6.13. The summed E-state index contributed by atoms with van der Waals surface area (Å²) >= 11 is 10.3. The van der Waals surface area contributed by atoms with E-state index in [0.717, 1.165) is 15.6 Å². The molecule has 0 nitrogen and oxygen atoms in total. The normalized spacial score (nSPS) is 12.5. The first kappa shape index (κ1) is 12.7. The average molecular weight is 332 g/mol. The Morgan fingerprint density at radius 2 is 1.37 bits per heavy atom. The zero-order valence-electron chi connectivity index (χ0n) is 10.2. The predicted octanol–water partition coefficient (Wildman–Crippen LogP) is 5.93. The van der Waals surface area contributed by atoms with Crippen molar-refractivity contribution in [1.29, 1.82) is 0 Å². The third kappa shape index (κ3) is 2.41. The first-order valence-corrected chi connectivity index (χ1v) is 7.36. The molecule has 0 fully saturated rings. The lowest BCUT2D eigenvalue weighted by atomic mass is 9.98. The van der Waals surface area contributed by atoms with Gasteiger partial charge in [-0.3, -0.25) is 0 Å². The maximum absolute atomic E-state index is 6.69. The molecule has 19 heavy (non-hydrogen) atoms. The van der Waals surface area contributed by atoms with Crippen LogP contribution in [-0.2, 0) is 0 Å². The predicted molar refractivity (Wildman–Crippen MR) is 85.8 cm³/mol. The molecule has 0 bridgehead atoms. The topological polar surface area (TPSA) is 0 Å². The van der Waals surface area contributed by atoms with Crippen LogP contribution in [0.25, 0.3) is 10.8 Å². The van der Waals surface area contributed by atoms with Gasteiger partial charge in [-0.2, -0.15) is 0 Å². The molecule has 94 valence electrons. The van der Waals surface area contributed by atoms with Crippen LogP contribution in [0, 0.1) is 0 Å². The molecule has 0 spiro atoms. The van der Waals surface area contributed by atoms with Crippen LogP contribution in [0.1, 0.15) is 16.5 Å². The molecule has 0 aliphatic carbocycles. The number of halogens is 2. The fourth-order valence-corrected chi connectivity index (χ4v) is 3.35. The molecule has 2 heteroatoms. The quantitative estimate of drug-likeness (QED) is 0.510. The second kappa shape index (κ2) is 5.36. The van der Waals surface area contributed by atoms with Crippen molar-refractivity contribution in [2.75, 3.05) is 0 Å². The number of benzene rings is 3. The first-order chi connectivity index (χ1) is 9.27. The molecule has 0 heterocycles. The van der Waals surface area contributed by atoms with Gasteiger partial charge >= 0.3 is 0 Å². The highest BCUT2D eigenvalue weighted by Gasteiger charge is 2.15. The van der Waals surface area contributed by atoms with Crippen molar-refractivity contribution in [2.24, 2.45) is 0 Å². The Morgan fingerprint density at radius 3 is 2.21 bits per heavy atom. The highest BCUT2D eigenvalue weighted by atomic mass is 79.9. The van der Waals surface area contributed by atoms with Crippen LogP contribution in [0.5, 0.6) is 0 Å². The molecule has 0 N–H and O–H groups in total. The molecule has 0 amide bonds. The molecule has 0 aliphatic rings. The van der Waals surface area contributed by atoms with Gasteiger partial charge in [0.1, 0.15) is 0 Å². The van der Waals surface area contributed by atoms with Gasteiger partial charge < -0.3 is 0 Å². The van der Waals surface area contributed by atoms with Crippen molar-refractivity contribution in [3.8, 4) is 0 Å². The summed E-state index contributed by atoms with van der Waals surface area (Å²) < 4.78 is 1.04. The van der Waals surface area contributed by atoms with Crippen LogP contribution in [0.4, 0.5) is 0 Å². The number of hydrogen-bond acceptors (Lipinski definition) is 0. The molecular formula is C17H12BrCl. The van der Waals surface area contributed by atoms with E-state index in [-0.39, 0.29) is 5.38 Å². The van der Waals surface area contributed by atoms with Crippen LogP contribution >= 0.6 is 27.5 Å². The standard InChI is InChI=1S/C17H12BrCl/c18-16-11-4-3-9-15(16)17(19)14-10-5-7-12-6-1-2-8-13(12)14/h1-11,17H. The second-order valence-corrected chi connectivity index (χ2v) is 5.74. The Bertz CT molecular complexity index is 716. The lowest BCUT2D eigenvalue weighted by Gasteiger charge is -2.14. The SMILES string of the molecule is ClC(c1ccccc1Br)c1cccc2ccccc12. The van der Waals surface area contributed by atoms with Gasteiger partial charge in [0.15, 0.2) is 0 Å². The summed E-state index contributed by atoms with van der Waals surface area (Å²) in [6, 6.07) is 22.7. The van der Waals surface area contributed by atoms with Crippen LogP contribution in [0.3, 0.4) is 0 Å². The fourth-order valence-electron chi connectivity index (χ4n) is 2.32. The zero-order chi connectivity index (χ0) is 13.2. The molecule has 1 unspecified atom stereocenters. The highest BCUT2D eigenvalue weighted by molar-refractivity contribution is 9.10. The van der Waals surface area contributed by atoms with Crippen molar-refractivity contribution in [2.45, 2.75) is 5.38 Å². The summed E-state index contributed by atoms with van der Waals surface area (Å²) in [5.41, 5.74) is 2.24. The smallest absolute Gasteiger partial charge is 0.0852 e. The lowest BCUT2D eigenvalue weighted by molar-refractivity contribution is 1.15. The molecule has 0 radical (unpaired) electrons. The highest BCUT2D eigenvalue weighted by Crippen LogP contribution is 2.36. The third-order valence-corrected chi connectivity index (χ3v) is 4.47. The minimum Gasteiger partial charge on any atom is -0.113 e. The molecule has 0 saturated carbocycles. The van der Waals surface area contributed by atoms with Gasteiger partial charge in [-0.1, -0.05) is 76.6 Å². The fraction of sp³-hybridized carbons (Fsp3) is 0.0588. The summed E-state index contributed by atoms with van der Waals surface area (Å²) in [4.78, 5) is 0. The van der Waals surface area contributed by atoms with Gasteiger partial charge in [0.05, 0.1) is 5.38 Å². The van der Waals surface area contributed by atoms with Gasteiger partial charge in [-0.15, -0.1) is 11.6 Å². The van der Waals surface area contributed by atoms with Gasteiger partial charge in [0, 0.05) is 4.47 Å². The molecule has 0 saturated heterocycles. The van der Waals surface area contributed by atoms with Crippen LogP contribution < -0.4 is 0 Å². The maximum atomic E-state index is 6.69. The summed E-state index contributed by atoms with van der Waals surface area (Å²) in [7, 11) is 0. The van der Waals surface area contributed by atoms with Crippen molar-refractivity contribution < 1.29 is 0 Å². The van der Waals surface area contributed by atoms with Gasteiger partial charge in [-0.05, 0) is 28.0 Å². The van der Waals surface area contributed by atoms with E-state index in [9.17, 15) is 0 Å². The van der Waals surface area contributed by atoms with E-state index in [0.29, 0.717) is 0 Å². The monoisotopic (exact) mass is 330 g/mol. The van der Waals surface area contributed by atoms with Gasteiger partial charge in [-0.25, -0.2) is 0 Å². The number of alkyl halides is 1. The average Bonchev–Trinajstić information content (AvgIpc) is 2.46. The molecule has 0 aliphatic heterocycles. The maximum Gasteiger partial charge on any atom is 0.0852 e. The van der Waals surface area contributed by atoms with E-state index < -0.39 is 0 Å². The Balaban J connectivity index is 2.17. The summed E-state index contributed by atoms with van der Waals surface area (Å²) in [6.07, 6.45) is 0. The molecule has 1 atom stereocenters. The van der Waals surface area contributed by atoms with E-state index in [1.165, 1.54) is 10.8 Å². The van der Waals surface area contributed by atoms with Crippen LogP contribution in [0.15, 0.2) is 71.2 Å². The zero-order valence-corrected chi connectivity index (χ0v) is 12.5. The summed E-state index contributed by atoms with van der Waals surface area (Å²) in [5, 5.41) is 2.28. The Hall–Kier alpha value is -1.31. The van der Waals surface area contributed by atoms with Crippen molar-refractivity contribution in [1.82, 2.24) is 0 Å². The van der Waals surface area contributed by atoms with E-state index >= 15 is 0 Å². The minimum atomic E-state index is -0.151. The van der Waals surface area contributed by atoms with E-state index in [2.05, 4.69) is 58.4 Å². The van der Waals surface area contributed by atoms with Crippen LogP contribution in [0.2, 0.25) is 0 Å². The molecule has 3 aromatic carbocycles. The van der Waals surface area contributed by atoms with Crippen LogP contribution in [-0.4, -0.2) is 0 Å². The largest absolute Gasteiger partial charge is 0.113 e. The Morgan fingerprint density at radius 1 is 0.737 bits per heavy atom. The van der Waals surface area contributed by atoms with Crippen molar-refractivity contribution in [3.05, 3.63) is 82.3 Å². The van der Waals surface area contributed by atoms with E-state index in [1.54, 1.807) is 0 Å². The molecule has 3 aromatic rings. The van der Waals surface area contributed by atoms with Gasteiger partial charge in [0.2, 0.25) is 0 Å². The second-order valence-electron chi connectivity index (χ2n) is 4.45. The minimum absolute atomic E-state index is 0.151. The van der Waals surface area contributed by atoms with E-state index in [1.807, 2.05) is 24.3 Å². The Labute approximate surface area is 126 Å². The lowest BCUT2D eigenvalue weighted by Crippen LogP contribution is -1.95. The van der Waals surface area contributed by atoms with E-state index in [4.69, 9.17) is 11.6 Å². The number of hydrogen-bond donors (Lipinski definition) is 0.